The van der Waals surface area contributed by atoms with Crippen LogP contribution in [0.2, 0.25) is 0 Å². The van der Waals surface area contributed by atoms with Crippen LogP contribution in [0.1, 0.15) is 54.0 Å². The van der Waals surface area contributed by atoms with Crippen LogP contribution in [-0.4, -0.2) is 17.4 Å². The Kier molecular flexibility index (Phi) is 4.69. The molecule has 0 aromatic heterocycles. The molecule has 2 aromatic rings. The lowest BCUT2D eigenvalue weighted by Crippen LogP contribution is -2.23. The minimum atomic E-state index is -0.511. The van der Waals surface area contributed by atoms with Crippen molar-refractivity contribution in [2.75, 3.05) is 0 Å². The van der Waals surface area contributed by atoms with Gasteiger partial charge < -0.3 is 4.74 Å². The zero-order valence-electron chi connectivity index (χ0n) is 14.3. The minimum absolute atomic E-state index is 0.0420. The second-order valence-corrected chi connectivity index (χ2v) is 6.72. The summed E-state index contributed by atoms with van der Waals surface area (Å²) in [5.74, 6) is -0.293. The van der Waals surface area contributed by atoms with Gasteiger partial charge in [-0.15, -0.1) is 0 Å². The number of aryl methyl sites for hydroxylation is 1. The van der Waals surface area contributed by atoms with E-state index in [0.717, 1.165) is 16.7 Å². The first kappa shape index (κ1) is 16.9. The molecule has 0 unspecified atom stereocenters. The van der Waals surface area contributed by atoms with E-state index in [1.54, 1.807) is 19.1 Å². The number of carbonyl (C=O) groups excluding carboxylic acids is 2. The van der Waals surface area contributed by atoms with Crippen molar-refractivity contribution in [2.45, 2.75) is 40.2 Å². The van der Waals surface area contributed by atoms with Crippen molar-refractivity contribution >= 4 is 11.8 Å². The van der Waals surface area contributed by atoms with Gasteiger partial charge in [0.15, 0.2) is 5.78 Å². The van der Waals surface area contributed by atoms with Crippen LogP contribution in [-0.2, 0) is 4.74 Å². The molecule has 2 aromatic carbocycles. The molecule has 0 fully saturated rings. The molecule has 0 spiro atoms. The number of Topliss-reactive ketones (excluding diaryl/α,β-unsaturated/α-hetero) is 1. The van der Waals surface area contributed by atoms with Crippen molar-refractivity contribution in [2.24, 2.45) is 0 Å². The molecule has 23 heavy (non-hydrogen) atoms. The number of esters is 1. The standard InChI is InChI=1S/C20H22O3/c1-13-10-17(14(2)21)12-18(11-13)15-6-8-16(9-7-15)19(22)23-20(3,4)5/h6-12H,1-5H3. The van der Waals surface area contributed by atoms with E-state index < -0.39 is 5.60 Å². The van der Waals surface area contributed by atoms with E-state index in [1.807, 2.05) is 58.0 Å². The topological polar surface area (TPSA) is 43.4 Å². The second-order valence-electron chi connectivity index (χ2n) is 6.72. The highest BCUT2D eigenvalue weighted by Gasteiger charge is 2.17. The first-order chi connectivity index (χ1) is 10.7. The summed E-state index contributed by atoms with van der Waals surface area (Å²) < 4.78 is 5.36. The summed E-state index contributed by atoms with van der Waals surface area (Å²) >= 11 is 0. The van der Waals surface area contributed by atoms with Gasteiger partial charge in [-0.25, -0.2) is 4.79 Å². The fourth-order valence-electron chi connectivity index (χ4n) is 2.29. The molecule has 0 aliphatic carbocycles. The predicted molar refractivity (Wildman–Crippen MR) is 91.8 cm³/mol. The Morgan fingerprint density at radius 1 is 0.870 bits per heavy atom. The molecule has 0 amide bonds. The van der Waals surface area contributed by atoms with Crippen molar-refractivity contribution in [3.05, 3.63) is 59.2 Å². The molecule has 0 saturated heterocycles. The van der Waals surface area contributed by atoms with Crippen molar-refractivity contribution < 1.29 is 14.3 Å². The third kappa shape index (κ3) is 4.52. The number of rotatable bonds is 3. The van der Waals surface area contributed by atoms with Gasteiger partial charge in [-0.05, 0) is 75.6 Å². The zero-order valence-corrected chi connectivity index (χ0v) is 14.3. The molecule has 0 aliphatic heterocycles. The van der Waals surface area contributed by atoms with Crippen LogP contribution >= 0.6 is 0 Å². The molecule has 2 rings (SSSR count). The van der Waals surface area contributed by atoms with Gasteiger partial charge in [0.2, 0.25) is 0 Å². The summed E-state index contributed by atoms with van der Waals surface area (Å²) in [5.41, 5.74) is 3.65. The normalized spacial score (nSPS) is 11.2. The number of ether oxygens (including phenoxy) is 1. The van der Waals surface area contributed by atoms with Gasteiger partial charge in [0, 0.05) is 5.56 Å². The van der Waals surface area contributed by atoms with E-state index in [-0.39, 0.29) is 11.8 Å². The van der Waals surface area contributed by atoms with E-state index in [9.17, 15) is 9.59 Å². The lowest BCUT2D eigenvalue weighted by Gasteiger charge is -2.19. The predicted octanol–water partition coefficient (Wildman–Crippen LogP) is 4.82. The fraction of sp³-hybridized carbons (Fsp3) is 0.300. The maximum absolute atomic E-state index is 12.0. The van der Waals surface area contributed by atoms with Gasteiger partial charge in [-0.3, -0.25) is 4.79 Å². The Morgan fingerprint density at radius 2 is 1.48 bits per heavy atom. The Hall–Kier alpha value is -2.42. The molecule has 0 bridgehead atoms. The van der Waals surface area contributed by atoms with Crippen molar-refractivity contribution in [1.82, 2.24) is 0 Å². The van der Waals surface area contributed by atoms with Gasteiger partial charge >= 0.3 is 5.97 Å². The molecule has 0 atom stereocenters. The molecule has 0 heterocycles. The highest BCUT2D eigenvalue weighted by molar-refractivity contribution is 5.96. The van der Waals surface area contributed by atoms with Crippen molar-refractivity contribution in [3.63, 3.8) is 0 Å². The second kappa shape index (κ2) is 6.37. The van der Waals surface area contributed by atoms with E-state index in [4.69, 9.17) is 4.74 Å². The van der Waals surface area contributed by atoms with Crippen LogP contribution in [0.5, 0.6) is 0 Å². The van der Waals surface area contributed by atoms with E-state index in [0.29, 0.717) is 11.1 Å². The molecule has 120 valence electrons. The fourth-order valence-corrected chi connectivity index (χ4v) is 2.29. The number of hydrogen-bond acceptors (Lipinski definition) is 3. The maximum atomic E-state index is 12.0. The Bertz CT molecular complexity index is 734. The van der Waals surface area contributed by atoms with Crippen LogP contribution in [0.3, 0.4) is 0 Å². The first-order valence-corrected chi connectivity index (χ1v) is 7.62. The van der Waals surface area contributed by atoms with Gasteiger partial charge in [0.25, 0.3) is 0 Å². The highest BCUT2D eigenvalue weighted by atomic mass is 16.6. The zero-order chi connectivity index (χ0) is 17.2. The molecule has 3 heteroatoms. The maximum Gasteiger partial charge on any atom is 0.338 e. The van der Waals surface area contributed by atoms with E-state index in [2.05, 4.69) is 0 Å². The summed E-state index contributed by atoms with van der Waals surface area (Å²) in [6.07, 6.45) is 0. The van der Waals surface area contributed by atoms with Crippen LogP contribution in [0.15, 0.2) is 42.5 Å². The third-order valence-electron chi connectivity index (χ3n) is 3.34. The summed E-state index contributed by atoms with van der Waals surface area (Å²) in [6, 6.07) is 13.0. The number of ketones is 1. The first-order valence-electron chi connectivity index (χ1n) is 7.62. The van der Waals surface area contributed by atoms with E-state index >= 15 is 0 Å². The molecule has 3 nitrogen and oxygen atoms in total. The molecular weight excluding hydrogens is 288 g/mol. The third-order valence-corrected chi connectivity index (χ3v) is 3.34. The lowest BCUT2D eigenvalue weighted by molar-refractivity contribution is 0.00695. The Morgan fingerprint density at radius 3 is 2.00 bits per heavy atom. The minimum Gasteiger partial charge on any atom is -0.456 e. The summed E-state index contributed by atoms with van der Waals surface area (Å²) in [4.78, 5) is 23.6. The molecular formula is C20H22O3. The average Bonchev–Trinajstić information content (AvgIpc) is 2.45. The summed E-state index contributed by atoms with van der Waals surface area (Å²) in [5, 5.41) is 0. The monoisotopic (exact) mass is 310 g/mol. The smallest absolute Gasteiger partial charge is 0.338 e. The van der Waals surface area contributed by atoms with Gasteiger partial charge in [-0.1, -0.05) is 18.2 Å². The van der Waals surface area contributed by atoms with Crippen molar-refractivity contribution in [3.8, 4) is 11.1 Å². The summed E-state index contributed by atoms with van der Waals surface area (Å²) in [6.45, 7) is 9.05. The SMILES string of the molecule is CC(=O)c1cc(C)cc(-c2ccc(C(=O)OC(C)(C)C)cc2)c1. The molecule has 0 aliphatic rings. The molecule has 0 saturated carbocycles. The van der Waals surface area contributed by atoms with Crippen LogP contribution in [0.25, 0.3) is 11.1 Å². The lowest BCUT2D eigenvalue weighted by atomic mass is 9.98. The van der Waals surface area contributed by atoms with Gasteiger partial charge in [0.05, 0.1) is 5.56 Å². The number of carbonyl (C=O) groups is 2. The quantitative estimate of drug-likeness (QED) is 0.603. The van der Waals surface area contributed by atoms with E-state index in [1.165, 1.54) is 0 Å². The Labute approximate surface area is 137 Å². The molecule has 0 N–H and O–H groups in total. The van der Waals surface area contributed by atoms with Crippen LogP contribution in [0.4, 0.5) is 0 Å². The number of benzene rings is 2. The molecule has 0 radical (unpaired) electrons. The highest BCUT2D eigenvalue weighted by Crippen LogP contribution is 2.24. The Balaban J connectivity index is 2.30. The number of hydrogen-bond donors (Lipinski definition) is 0. The van der Waals surface area contributed by atoms with Gasteiger partial charge in [-0.2, -0.15) is 0 Å². The largest absolute Gasteiger partial charge is 0.456 e. The van der Waals surface area contributed by atoms with Crippen LogP contribution < -0.4 is 0 Å². The van der Waals surface area contributed by atoms with Crippen LogP contribution in [0, 0.1) is 6.92 Å². The summed E-state index contributed by atoms with van der Waals surface area (Å²) in [7, 11) is 0. The average molecular weight is 310 g/mol. The van der Waals surface area contributed by atoms with Gasteiger partial charge in [0.1, 0.15) is 5.60 Å². The van der Waals surface area contributed by atoms with Crippen molar-refractivity contribution in [1.29, 1.82) is 0 Å².